The Morgan fingerprint density at radius 1 is 0.967 bits per heavy atom. The Morgan fingerprint density at radius 3 is 2.40 bits per heavy atom. The van der Waals surface area contributed by atoms with Gasteiger partial charge in [0.2, 0.25) is 5.91 Å². The molecule has 0 aromatic heterocycles. The molecular weight excluding hydrogens is 400 g/mol. The maximum atomic E-state index is 13.5. The SMILES string of the molecule is COc1ccccc1N(CC(=O)N1CCc2ccccc21)S(=O)(=O)c1ccccc1. The summed E-state index contributed by atoms with van der Waals surface area (Å²) in [7, 11) is -2.51. The Kier molecular flexibility index (Phi) is 5.46. The van der Waals surface area contributed by atoms with Gasteiger partial charge in [0.15, 0.2) is 0 Å². The van der Waals surface area contributed by atoms with E-state index in [4.69, 9.17) is 4.74 Å². The predicted octanol–water partition coefficient (Wildman–Crippen LogP) is 3.48. The van der Waals surface area contributed by atoms with Crippen molar-refractivity contribution in [3.05, 3.63) is 84.4 Å². The van der Waals surface area contributed by atoms with Gasteiger partial charge in [0.25, 0.3) is 10.0 Å². The first-order valence-electron chi connectivity index (χ1n) is 9.61. The second-order valence-electron chi connectivity index (χ2n) is 6.92. The molecule has 0 spiro atoms. The predicted molar refractivity (Wildman–Crippen MR) is 116 cm³/mol. The molecule has 30 heavy (non-hydrogen) atoms. The number of carbonyl (C=O) groups excluding carboxylic acids is 1. The molecule has 1 amide bonds. The number of nitrogens with zero attached hydrogens (tertiary/aromatic N) is 2. The lowest BCUT2D eigenvalue weighted by atomic mass is 10.2. The molecule has 3 aromatic rings. The van der Waals surface area contributed by atoms with E-state index in [0.717, 1.165) is 22.0 Å². The van der Waals surface area contributed by atoms with Crippen molar-refractivity contribution in [3.63, 3.8) is 0 Å². The number of benzene rings is 3. The number of amides is 1. The van der Waals surface area contributed by atoms with Crippen LogP contribution in [-0.4, -0.2) is 34.5 Å². The average molecular weight is 423 g/mol. The van der Waals surface area contributed by atoms with Gasteiger partial charge in [0, 0.05) is 12.2 Å². The molecule has 7 heteroatoms. The molecule has 4 rings (SSSR count). The van der Waals surface area contributed by atoms with E-state index in [0.29, 0.717) is 18.0 Å². The number of sulfonamides is 1. The van der Waals surface area contributed by atoms with Crippen molar-refractivity contribution in [1.82, 2.24) is 0 Å². The molecule has 0 unspecified atom stereocenters. The van der Waals surface area contributed by atoms with Crippen LogP contribution in [0.5, 0.6) is 5.75 Å². The lowest BCUT2D eigenvalue weighted by Gasteiger charge is -2.27. The third-order valence-corrected chi connectivity index (χ3v) is 6.93. The molecule has 1 heterocycles. The van der Waals surface area contributed by atoms with Crippen LogP contribution >= 0.6 is 0 Å². The van der Waals surface area contributed by atoms with Gasteiger partial charge in [-0.05, 0) is 42.3 Å². The molecule has 1 aliphatic rings. The summed E-state index contributed by atoms with van der Waals surface area (Å²) in [5.41, 5.74) is 2.24. The van der Waals surface area contributed by atoms with Gasteiger partial charge in [0.1, 0.15) is 12.3 Å². The molecule has 0 atom stereocenters. The van der Waals surface area contributed by atoms with Gasteiger partial charge in [-0.2, -0.15) is 0 Å². The molecule has 0 radical (unpaired) electrons. The van der Waals surface area contributed by atoms with Crippen molar-refractivity contribution in [3.8, 4) is 5.75 Å². The molecule has 0 saturated carbocycles. The fourth-order valence-corrected chi connectivity index (χ4v) is 5.11. The first-order chi connectivity index (χ1) is 14.5. The van der Waals surface area contributed by atoms with Crippen LogP contribution in [0.1, 0.15) is 5.56 Å². The Balaban J connectivity index is 1.74. The maximum absolute atomic E-state index is 13.5. The Hall–Kier alpha value is -3.32. The highest BCUT2D eigenvalue weighted by Crippen LogP contribution is 2.33. The smallest absolute Gasteiger partial charge is 0.264 e. The minimum Gasteiger partial charge on any atom is -0.495 e. The van der Waals surface area contributed by atoms with Crippen molar-refractivity contribution in [2.75, 3.05) is 29.4 Å². The second-order valence-corrected chi connectivity index (χ2v) is 8.78. The summed E-state index contributed by atoms with van der Waals surface area (Å²) >= 11 is 0. The summed E-state index contributed by atoms with van der Waals surface area (Å²) in [4.78, 5) is 15.0. The number of para-hydroxylation sites is 3. The number of methoxy groups -OCH3 is 1. The van der Waals surface area contributed by atoms with Crippen LogP contribution in [-0.2, 0) is 21.2 Å². The van der Waals surface area contributed by atoms with E-state index < -0.39 is 10.0 Å². The van der Waals surface area contributed by atoms with Crippen molar-refractivity contribution in [1.29, 1.82) is 0 Å². The number of hydrogen-bond acceptors (Lipinski definition) is 4. The first-order valence-corrected chi connectivity index (χ1v) is 11.1. The number of carbonyl (C=O) groups is 1. The third kappa shape index (κ3) is 3.64. The standard InChI is InChI=1S/C23H22N2O4S/c1-29-22-14-8-7-13-21(22)25(30(27,28)19-10-3-2-4-11-19)17-23(26)24-16-15-18-9-5-6-12-20(18)24/h2-14H,15-17H2,1H3. The van der Waals surface area contributed by atoms with Crippen LogP contribution in [0, 0.1) is 0 Å². The zero-order chi connectivity index (χ0) is 21.1. The zero-order valence-corrected chi connectivity index (χ0v) is 17.4. The number of anilines is 2. The molecule has 0 N–H and O–H groups in total. The van der Waals surface area contributed by atoms with Gasteiger partial charge in [-0.15, -0.1) is 0 Å². The number of hydrogen-bond donors (Lipinski definition) is 0. The fraction of sp³-hybridized carbons (Fsp3) is 0.174. The summed E-state index contributed by atoms with van der Waals surface area (Å²) in [6.07, 6.45) is 0.752. The number of fused-ring (bicyclic) bond motifs is 1. The van der Waals surface area contributed by atoms with Gasteiger partial charge in [-0.1, -0.05) is 48.5 Å². The Morgan fingerprint density at radius 2 is 1.63 bits per heavy atom. The van der Waals surface area contributed by atoms with Crippen LogP contribution in [0.15, 0.2) is 83.8 Å². The quantitative estimate of drug-likeness (QED) is 0.610. The van der Waals surface area contributed by atoms with E-state index in [-0.39, 0.29) is 17.3 Å². The van der Waals surface area contributed by atoms with E-state index in [1.54, 1.807) is 47.4 Å². The van der Waals surface area contributed by atoms with Gasteiger partial charge in [0.05, 0.1) is 17.7 Å². The molecule has 154 valence electrons. The largest absolute Gasteiger partial charge is 0.495 e. The van der Waals surface area contributed by atoms with Gasteiger partial charge < -0.3 is 9.64 Å². The molecule has 1 aliphatic heterocycles. The number of ether oxygens (including phenoxy) is 1. The highest BCUT2D eigenvalue weighted by molar-refractivity contribution is 7.92. The van der Waals surface area contributed by atoms with Crippen molar-refractivity contribution < 1.29 is 17.9 Å². The van der Waals surface area contributed by atoms with E-state index in [2.05, 4.69) is 0 Å². The summed E-state index contributed by atoms with van der Waals surface area (Å²) in [6.45, 7) is 0.204. The molecule has 0 saturated heterocycles. The normalized spacial score (nSPS) is 13.0. The molecule has 3 aromatic carbocycles. The zero-order valence-electron chi connectivity index (χ0n) is 16.6. The Labute approximate surface area is 176 Å². The first kappa shape index (κ1) is 20.0. The molecule has 0 bridgehead atoms. The molecule has 0 fully saturated rings. The van der Waals surface area contributed by atoms with Crippen molar-refractivity contribution in [2.24, 2.45) is 0 Å². The lowest BCUT2D eigenvalue weighted by Crippen LogP contribution is -2.42. The highest BCUT2D eigenvalue weighted by Gasteiger charge is 2.32. The second kappa shape index (κ2) is 8.20. The van der Waals surface area contributed by atoms with Crippen LogP contribution < -0.4 is 13.9 Å². The monoisotopic (exact) mass is 422 g/mol. The molecule has 6 nitrogen and oxygen atoms in total. The third-order valence-electron chi connectivity index (χ3n) is 5.15. The van der Waals surface area contributed by atoms with E-state index in [9.17, 15) is 13.2 Å². The molecule has 0 aliphatic carbocycles. The van der Waals surface area contributed by atoms with Crippen molar-refractivity contribution in [2.45, 2.75) is 11.3 Å². The van der Waals surface area contributed by atoms with E-state index in [1.165, 1.54) is 19.2 Å². The lowest BCUT2D eigenvalue weighted by molar-refractivity contribution is -0.117. The van der Waals surface area contributed by atoms with E-state index >= 15 is 0 Å². The van der Waals surface area contributed by atoms with Gasteiger partial charge in [-0.3, -0.25) is 9.10 Å². The summed E-state index contributed by atoms with van der Waals surface area (Å²) in [5.74, 6) is 0.0944. The number of rotatable bonds is 6. The minimum absolute atomic E-state index is 0.116. The topological polar surface area (TPSA) is 66.9 Å². The van der Waals surface area contributed by atoms with Gasteiger partial charge in [-0.25, -0.2) is 8.42 Å². The average Bonchev–Trinajstić information content (AvgIpc) is 3.22. The van der Waals surface area contributed by atoms with Crippen LogP contribution in [0.25, 0.3) is 0 Å². The van der Waals surface area contributed by atoms with Crippen molar-refractivity contribution >= 4 is 27.3 Å². The van der Waals surface area contributed by atoms with Crippen LogP contribution in [0.4, 0.5) is 11.4 Å². The van der Waals surface area contributed by atoms with Gasteiger partial charge >= 0.3 is 0 Å². The molecular formula is C23H22N2O4S. The van der Waals surface area contributed by atoms with Crippen LogP contribution in [0.2, 0.25) is 0 Å². The minimum atomic E-state index is -3.98. The summed E-state index contributed by atoms with van der Waals surface area (Å²) in [6, 6.07) is 22.6. The highest BCUT2D eigenvalue weighted by atomic mass is 32.2. The summed E-state index contributed by atoms with van der Waals surface area (Å²) < 4.78 is 33.5. The Bertz CT molecular complexity index is 1160. The maximum Gasteiger partial charge on any atom is 0.264 e. The van der Waals surface area contributed by atoms with Crippen LogP contribution in [0.3, 0.4) is 0 Å². The summed E-state index contributed by atoms with van der Waals surface area (Å²) in [5, 5.41) is 0. The fourth-order valence-electron chi connectivity index (χ4n) is 3.66. The van der Waals surface area contributed by atoms with E-state index in [1.807, 2.05) is 24.3 Å².